The molecule has 0 spiro atoms. The van der Waals surface area contributed by atoms with Gasteiger partial charge in [-0.1, -0.05) is 12.1 Å². The first-order valence-corrected chi connectivity index (χ1v) is 9.12. The molecule has 2 aromatic rings. The topological polar surface area (TPSA) is 32.8 Å². The van der Waals surface area contributed by atoms with Gasteiger partial charge >= 0.3 is 0 Å². The maximum atomic E-state index is 12.8. The van der Waals surface area contributed by atoms with Crippen molar-refractivity contribution in [3.8, 4) is 16.9 Å². The van der Waals surface area contributed by atoms with Gasteiger partial charge in [0.05, 0.1) is 7.11 Å². The Morgan fingerprint density at radius 2 is 1.81 bits per heavy atom. The highest BCUT2D eigenvalue weighted by molar-refractivity contribution is 5.95. The summed E-state index contributed by atoms with van der Waals surface area (Å²) in [5, 5.41) is 0. The normalized spacial score (nSPS) is 17.0. The molecular formula is C22H28N2O2. The number of hydrogen-bond donors (Lipinski definition) is 0. The van der Waals surface area contributed by atoms with Crippen LogP contribution in [-0.2, 0) is 0 Å². The van der Waals surface area contributed by atoms with Crippen molar-refractivity contribution in [2.45, 2.75) is 26.3 Å². The SMILES string of the molecule is COc1cc(C)c(-c2ccc(C(=O)N3CC[C@H](N(C)C)C3)cc2)cc1C. The van der Waals surface area contributed by atoms with Crippen LogP contribution < -0.4 is 4.74 Å². The fraction of sp³-hybridized carbons (Fsp3) is 0.409. The van der Waals surface area contributed by atoms with E-state index in [1.165, 1.54) is 11.1 Å². The summed E-state index contributed by atoms with van der Waals surface area (Å²) in [6.07, 6.45) is 1.04. The van der Waals surface area contributed by atoms with Crippen molar-refractivity contribution < 1.29 is 9.53 Å². The summed E-state index contributed by atoms with van der Waals surface area (Å²) in [6.45, 7) is 5.78. The Labute approximate surface area is 156 Å². The number of benzene rings is 2. The predicted octanol–water partition coefficient (Wildman–Crippen LogP) is 3.76. The van der Waals surface area contributed by atoms with Gasteiger partial charge in [0.15, 0.2) is 0 Å². The van der Waals surface area contributed by atoms with Gasteiger partial charge in [0.2, 0.25) is 0 Å². The first kappa shape index (κ1) is 18.5. The van der Waals surface area contributed by atoms with Gasteiger partial charge in [-0.25, -0.2) is 0 Å². The number of carbonyl (C=O) groups excluding carboxylic acids is 1. The van der Waals surface area contributed by atoms with Crippen molar-refractivity contribution in [1.29, 1.82) is 0 Å². The molecule has 0 aromatic heterocycles. The second-order valence-electron chi connectivity index (χ2n) is 7.37. The zero-order valence-corrected chi connectivity index (χ0v) is 16.4. The molecule has 138 valence electrons. The van der Waals surface area contributed by atoms with E-state index in [0.29, 0.717) is 6.04 Å². The highest BCUT2D eigenvalue weighted by Crippen LogP contribution is 2.30. The monoisotopic (exact) mass is 352 g/mol. The van der Waals surface area contributed by atoms with E-state index in [4.69, 9.17) is 4.74 Å². The lowest BCUT2D eigenvalue weighted by atomic mass is 9.97. The van der Waals surface area contributed by atoms with Crippen LogP contribution in [0.4, 0.5) is 0 Å². The molecular weight excluding hydrogens is 324 g/mol. The molecule has 2 aromatic carbocycles. The van der Waals surface area contributed by atoms with Crippen LogP contribution in [0, 0.1) is 13.8 Å². The van der Waals surface area contributed by atoms with Crippen LogP contribution in [-0.4, -0.2) is 56.0 Å². The van der Waals surface area contributed by atoms with E-state index in [1.54, 1.807) is 7.11 Å². The zero-order chi connectivity index (χ0) is 18.8. The minimum Gasteiger partial charge on any atom is -0.496 e. The number of ether oxygens (including phenoxy) is 1. The smallest absolute Gasteiger partial charge is 0.253 e. The van der Waals surface area contributed by atoms with E-state index < -0.39 is 0 Å². The number of amides is 1. The van der Waals surface area contributed by atoms with Gasteiger partial charge in [-0.15, -0.1) is 0 Å². The van der Waals surface area contributed by atoms with Gasteiger partial charge in [0.1, 0.15) is 5.75 Å². The molecule has 3 rings (SSSR count). The van der Waals surface area contributed by atoms with Crippen LogP contribution >= 0.6 is 0 Å². The molecule has 0 N–H and O–H groups in total. The third-order valence-electron chi connectivity index (χ3n) is 5.37. The molecule has 0 saturated carbocycles. The molecule has 0 unspecified atom stereocenters. The van der Waals surface area contributed by atoms with Crippen molar-refractivity contribution in [2.75, 3.05) is 34.3 Å². The van der Waals surface area contributed by atoms with Crippen molar-refractivity contribution in [3.05, 3.63) is 53.1 Å². The van der Waals surface area contributed by atoms with Crippen molar-refractivity contribution >= 4 is 5.91 Å². The minimum atomic E-state index is 0.128. The molecule has 0 radical (unpaired) electrons. The predicted molar refractivity (Wildman–Crippen MR) is 106 cm³/mol. The highest BCUT2D eigenvalue weighted by atomic mass is 16.5. The summed E-state index contributed by atoms with van der Waals surface area (Å²) in [5.41, 5.74) is 5.34. The number of aryl methyl sites for hydroxylation is 2. The summed E-state index contributed by atoms with van der Waals surface area (Å²) in [4.78, 5) is 16.9. The third-order valence-corrected chi connectivity index (χ3v) is 5.37. The second kappa shape index (κ2) is 7.50. The lowest BCUT2D eigenvalue weighted by Crippen LogP contribution is -2.34. The summed E-state index contributed by atoms with van der Waals surface area (Å²) < 4.78 is 5.40. The lowest BCUT2D eigenvalue weighted by molar-refractivity contribution is 0.0783. The molecule has 0 aliphatic carbocycles. The molecule has 1 atom stereocenters. The van der Waals surface area contributed by atoms with Crippen molar-refractivity contribution in [3.63, 3.8) is 0 Å². The van der Waals surface area contributed by atoms with Crippen LogP contribution in [0.3, 0.4) is 0 Å². The van der Waals surface area contributed by atoms with E-state index in [9.17, 15) is 4.79 Å². The zero-order valence-electron chi connectivity index (χ0n) is 16.4. The Bertz CT molecular complexity index is 797. The van der Waals surface area contributed by atoms with Crippen molar-refractivity contribution in [1.82, 2.24) is 9.80 Å². The van der Waals surface area contributed by atoms with Gasteiger partial charge in [0.25, 0.3) is 5.91 Å². The molecule has 1 aliphatic heterocycles. The molecule has 1 amide bonds. The number of likely N-dealkylation sites (tertiary alicyclic amines) is 1. The van der Waals surface area contributed by atoms with E-state index >= 15 is 0 Å². The lowest BCUT2D eigenvalue weighted by Gasteiger charge is -2.20. The van der Waals surface area contributed by atoms with Gasteiger partial charge in [0, 0.05) is 24.7 Å². The molecule has 1 heterocycles. The molecule has 4 nitrogen and oxygen atoms in total. The Hall–Kier alpha value is -2.33. The van der Waals surface area contributed by atoms with Crippen LogP contribution in [0.1, 0.15) is 27.9 Å². The van der Waals surface area contributed by atoms with E-state index in [0.717, 1.165) is 42.0 Å². The van der Waals surface area contributed by atoms with Gasteiger partial charge in [-0.05, 0) is 80.9 Å². The molecule has 1 aliphatic rings. The number of nitrogens with zero attached hydrogens (tertiary/aromatic N) is 2. The minimum absolute atomic E-state index is 0.128. The average Bonchev–Trinajstić information content (AvgIpc) is 3.13. The maximum absolute atomic E-state index is 12.8. The largest absolute Gasteiger partial charge is 0.496 e. The third kappa shape index (κ3) is 3.61. The first-order chi connectivity index (χ1) is 12.4. The number of methoxy groups -OCH3 is 1. The van der Waals surface area contributed by atoms with Gasteiger partial charge < -0.3 is 14.5 Å². The molecule has 1 saturated heterocycles. The number of carbonyl (C=O) groups is 1. The van der Waals surface area contributed by atoms with E-state index in [-0.39, 0.29) is 5.91 Å². The Morgan fingerprint density at radius 1 is 1.12 bits per heavy atom. The maximum Gasteiger partial charge on any atom is 0.253 e. The number of rotatable bonds is 4. The van der Waals surface area contributed by atoms with Crippen LogP contribution in [0.5, 0.6) is 5.75 Å². The first-order valence-electron chi connectivity index (χ1n) is 9.12. The Balaban J connectivity index is 1.79. The average molecular weight is 352 g/mol. The van der Waals surface area contributed by atoms with Crippen LogP contribution in [0.25, 0.3) is 11.1 Å². The standard InChI is InChI=1S/C22H28N2O2/c1-15-13-21(26-5)16(2)12-20(15)17-6-8-18(9-7-17)22(25)24-11-10-19(14-24)23(3)4/h6-9,12-13,19H,10-11,14H2,1-5H3/t19-/m0/s1. The molecule has 26 heavy (non-hydrogen) atoms. The van der Waals surface area contributed by atoms with Gasteiger partial charge in [-0.2, -0.15) is 0 Å². The summed E-state index contributed by atoms with van der Waals surface area (Å²) >= 11 is 0. The number of likely N-dealkylation sites (N-methyl/N-ethyl adjacent to an activating group) is 1. The quantitative estimate of drug-likeness (QED) is 0.840. The second-order valence-corrected chi connectivity index (χ2v) is 7.37. The fourth-order valence-electron chi connectivity index (χ4n) is 3.64. The van der Waals surface area contributed by atoms with Crippen molar-refractivity contribution in [2.24, 2.45) is 0 Å². The number of hydrogen-bond acceptors (Lipinski definition) is 3. The summed E-state index contributed by atoms with van der Waals surface area (Å²) in [5.74, 6) is 1.03. The molecule has 1 fully saturated rings. The Kier molecular flexibility index (Phi) is 5.33. The fourth-order valence-corrected chi connectivity index (χ4v) is 3.64. The summed E-state index contributed by atoms with van der Waals surface area (Å²) in [7, 11) is 5.85. The van der Waals surface area contributed by atoms with E-state index in [1.807, 2.05) is 36.1 Å². The van der Waals surface area contributed by atoms with Gasteiger partial charge in [-0.3, -0.25) is 4.79 Å². The van der Waals surface area contributed by atoms with Crippen LogP contribution in [0.2, 0.25) is 0 Å². The molecule has 0 bridgehead atoms. The van der Waals surface area contributed by atoms with Crippen LogP contribution in [0.15, 0.2) is 36.4 Å². The van der Waals surface area contributed by atoms with E-state index in [2.05, 4.69) is 38.1 Å². The summed E-state index contributed by atoms with van der Waals surface area (Å²) in [6, 6.07) is 12.6. The molecule has 4 heteroatoms. The highest BCUT2D eigenvalue weighted by Gasteiger charge is 2.27. The Morgan fingerprint density at radius 3 is 2.38 bits per heavy atom.